The van der Waals surface area contributed by atoms with Crippen LogP contribution in [0.2, 0.25) is 0 Å². The van der Waals surface area contributed by atoms with Crippen LogP contribution in [0.15, 0.2) is 376 Å². The van der Waals surface area contributed by atoms with Crippen molar-refractivity contribution in [2.75, 3.05) is 9.80 Å². The van der Waals surface area contributed by atoms with Crippen LogP contribution >= 0.6 is 0 Å². The highest BCUT2D eigenvalue weighted by molar-refractivity contribution is 6.14. The van der Waals surface area contributed by atoms with Crippen molar-refractivity contribution < 1.29 is 0 Å². The van der Waals surface area contributed by atoms with E-state index >= 15 is 0 Å². The van der Waals surface area contributed by atoms with Gasteiger partial charge < -0.3 is 9.80 Å². The van der Waals surface area contributed by atoms with Crippen molar-refractivity contribution in [3.8, 4) is 56.4 Å². The molecule has 10 heteroatoms. The summed E-state index contributed by atoms with van der Waals surface area (Å²) in [6, 6.07) is 135. The lowest BCUT2D eigenvalue weighted by atomic mass is 9.97. The molecule has 0 amide bonds. The Morgan fingerprint density at radius 3 is 1.21 bits per heavy atom. The zero-order chi connectivity index (χ0) is 70.9. The summed E-state index contributed by atoms with van der Waals surface area (Å²) in [5.41, 5.74) is 27.0. The molecule has 0 bridgehead atoms. The summed E-state index contributed by atoms with van der Waals surface area (Å²) in [7, 11) is 0. The summed E-state index contributed by atoms with van der Waals surface area (Å²) >= 11 is 0. The minimum Gasteiger partial charge on any atom is -0.311 e. The maximum atomic E-state index is 5.72. The molecule has 0 aliphatic heterocycles. The van der Waals surface area contributed by atoms with Crippen molar-refractivity contribution >= 4 is 144 Å². The molecule has 22 rings (SSSR count). The van der Waals surface area contributed by atoms with Crippen LogP contribution in [-0.4, -0.2) is 37.9 Å². The lowest BCUT2D eigenvalue weighted by Gasteiger charge is -2.27. The van der Waals surface area contributed by atoms with Gasteiger partial charge in [-0.1, -0.05) is 224 Å². The summed E-state index contributed by atoms with van der Waals surface area (Å²) in [6.45, 7) is 0. The predicted octanol–water partition coefficient (Wildman–Crippen LogP) is 25.3. The average Bonchev–Trinajstić information content (AvgIpc) is 1.56. The Morgan fingerprint density at radius 2 is 0.602 bits per heavy atom. The number of nitrogens with zero attached hydrogens (tertiary/aromatic N) is 10. The van der Waals surface area contributed by atoms with Crippen LogP contribution in [0, 0.1) is 0 Å². The molecule has 0 N–H and O–H groups in total. The monoisotopic (exact) mass is 1380 g/mol. The fraction of sp³-hybridized carbons (Fsp3) is 0. The first kappa shape index (κ1) is 60.8. The zero-order valence-electron chi connectivity index (χ0n) is 58.3. The number of imidazole rings is 2. The number of benzene rings is 16. The van der Waals surface area contributed by atoms with Gasteiger partial charge in [-0.2, -0.15) is 0 Å². The number of rotatable bonds is 12. The molecule has 0 spiro atoms. The maximum absolute atomic E-state index is 5.72. The molecule has 10 nitrogen and oxygen atoms in total. The summed E-state index contributed by atoms with van der Waals surface area (Å²) in [5.74, 6) is 1.58. The minimum absolute atomic E-state index is 0.772. The molecule has 6 heterocycles. The van der Waals surface area contributed by atoms with Gasteiger partial charge in [-0.05, 0) is 202 Å². The fourth-order valence-corrected chi connectivity index (χ4v) is 16.7. The quantitative estimate of drug-likeness (QED) is 0.121. The smallest absolute Gasteiger partial charge is 0.221 e. The van der Waals surface area contributed by atoms with Gasteiger partial charge in [-0.15, -0.1) is 0 Å². The Bertz CT molecular complexity index is 7350. The van der Waals surface area contributed by atoms with Gasteiger partial charge in [0.2, 0.25) is 11.9 Å². The third-order valence-electron chi connectivity index (χ3n) is 21.7. The van der Waals surface area contributed by atoms with Crippen LogP contribution in [0.5, 0.6) is 0 Å². The van der Waals surface area contributed by atoms with Crippen LogP contribution in [-0.2, 0) is 0 Å². The third kappa shape index (κ3) is 9.67. The molecule has 16 aromatic carbocycles. The highest BCUT2D eigenvalue weighted by Gasteiger charge is 2.26. The topological polar surface area (TPSA) is 76.7 Å². The minimum atomic E-state index is 0.772. The largest absolute Gasteiger partial charge is 0.311 e. The maximum Gasteiger partial charge on any atom is 0.221 e. The second kappa shape index (κ2) is 24.5. The lowest BCUT2D eigenvalue weighted by Crippen LogP contribution is -2.10. The Kier molecular flexibility index (Phi) is 13.8. The van der Waals surface area contributed by atoms with Crippen molar-refractivity contribution in [3.05, 3.63) is 376 Å². The van der Waals surface area contributed by atoms with E-state index in [0.717, 1.165) is 189 Å². The fourth-order valence-electron chi connectivity index (χ4n) is 16.7. The van der Waals surface area contributed by atoms with Gasteiger partial charge in [0.15, 0.2) is 5.65 Å². The molecule has 0 fully saturated rings. The number of anilines is 6. The van der Waals surface area contributed by atoms with Gasteiger partial charge in [0.25, 0.3) is 0 Å². The van der Waals surface area contributed by atoms with Crippen LogP contribution < -0.4 is 9.80 Å². The van der Waals surface area contributed by atoms with Crippen molar-refractivity contribution in [3.63, 3.8) is 0 Å². The highest BCUT2D eigenvalue weighted by atomic mass is 15.2. The van der Waals surface area contributed by atoms with Gasteiger partial charge in [-0.3, -0.25) is 17.9 Å². The van der Waals surface area contributed by atoms with Crippen LogP contribution in [0.1, 0.15) is 0 Å². The molecule has 0 aliphatic carbocycles. The van der Waals surface area contributed by atoms with E-state index in [4.69, 9.17) is 19.9 Å². The normalized spacial score (nSPS) is 11.9. The van der Waals surface area contributed by atoms with E-state index in [9.17, 15) is 0 Å². The Hall–Kier alpha value is -14.7. The standard InChI is InChI=1S/C98H62N10/c1-3-26-71(27-4-1)103(73-52-44-63(45-53-73)67-24-19-25-68(60-67)70-51-59-91-82(62-70)79-32-11-15-39-88(79)105(91)97-101-83-35-12-9-33-80(83)95-99-84-36-13-17-41-92(84)107(95)97)74-56-48-66(49-57-74)77-34-21-38-86-94(77)96-100-85-37-14-18-42-93(85)108(96)98(102-86)106-89-40-16-10-31-78(89)81-61-69(50-58-90(81)106)64-46-54-75(55-47-64)104(72-28-5-2-6-29-72)87-43-20-23-65-22-7-8-30-76(65)87/h1-62H. The number of aromatic nitrogens is 8. The second-order valence-corrected chi connectivity index (χ2v) is 27.8. The van der Waals surface area contributed by atoms with Crippen molar-refractivity contribution in [1.82, 2.24) is 37.9 Å². The first-order chi connectivity index (χ1) is 53.6. The molecule has 0 atom stereocenters. The molecule has 108 heavy (non-hydrogen) atoms. The molecule has 0 saturated carbocycles. The number of fused-ring (bicyclic) bond motifs is 17. The summed E-state index contributed by atoms with van der Waals surface area (Å²) < 4.78 is 9.12. The van der Waals surface area contributed by atoms with E-state index in [-0.39, 0.29) is 0 Å². The first-order valence-corrected chi connectivity index (χ1v) is 36.6. The van der Waals surface area contributed by atoms with Crippen LogP contribution in [0.25, 0.3) is 166 Å². The Balaban J connectivity index is 0.593. The lowest BCUT2D eigenvalue weighted by molar-refractivity contribution is 0.979. The van der Waals surface area contributed by atoms with E-state index in [1.54, 1.807) is 0 Å². The average molecular weight is 1380 g/mol. The Labute approximate surface area is 620 Å². The second-order valence-electron chi connectivity index (χ2n) is 27.8. The Morgan fingerprint density at radius 1 is 0.213 bits per heavy atom. The number of hydrogen-bond acceptors (Lipinski definition) is 6. The number of hydrogen-bond donors (Lipinski definition) is 0. The van der Waals surface area contributed by atoms with Gasteiger partial charge in [0.1, 0.15) is 5.65 Å². The van der Waals surface area contributed by atoms with Crippen molar-refractivity contribution in [2.24, 2.45) is 0 Å². The van der Waals surface area contributed by atoms with Gasteiger partial charge in [0.05, 0.1) is 66.2 Å². The molecule has 22 aromatic rings. The van der Waals surface area contributed by atoms with E-state index in [1.807, 2.05) is 12.1 Å². The molecule has 6 aromatic heterocycles. The summed E-state index contributed by atoms with van der Waals surface area (Å²) in [5, 5.41) is 9.00. The van der Waals surface area contributed by atoms with E-state index in [1.165, 1.54) is 10.8 Å². The van der Waals surface area contributed by atoms with Crippen molar-refractivity contribution in [1.29, 1.82) is 0 Å². The van der Waals surface area contributed by atoms with E-state index in [2.05, 4.69) is 392 Å². The molecule has 0 aliphatic rings. The predicted molar refractivity (Wildman–Crippen MR) is 447 cm³/mol. The molecular formula is C98H62N10. The number of para-hydroxylation sites is 9. The first-order valence-electron chi connectivity index (χ1n) is 36.6. The van der Waals surface area contributed by atoms with Crippen LogP contribution in [0.3, 0.4) is 0 Å². The van der Waals surface area contributed by atoms with E-state index < -0.39 is 0 Å². The third-order valence-corrected chi connectivity index (χ3v) is 21.7. The summed E-state index contributed by atoms with van der Waals surface area (Å²) in [4.78, 5) is 26.5. The SMILES string of the molecule is c1ccc(N(c2ccc(-c3cccc(-c4ccc5c(c4)c4ccccc4n5-c4nc5ccccc5c5nc6ccccc6n45)c3)cc2)c2ccc(-c3cccc4nc(-n5c6ccccc6c6cc(-c7ccc(N(c8ccccc8)c8cccc9ccccc89)cc7)ccc65)n5c6ccccc6nc5c34)cc2)cc1. The summed E-state index contributed by atoms with van der Waals surface area (Å²) in [6.07, 6.45) is 0. The molecule has 0 saturated heterocycles. The van der Waals surface area contributed by atoms with Crippen LogP contribution in [0.4, 0.5) is 34.1 Å². The molecule has 0 unspecified atom stereocenters. The molecule has 0 radical (unpaired) electrons. The van der Waals surface area contributed by atoms with Crippen molar-refractivity contribution in [2.45, 2.75) is 0 Å². The van der Waals surface area contributed by atoms with Gasteiger partial charge in [0, 0.05) is 60.8 Å². The zero-order valence-corrected chi connectivity index (χ0v) is 58.3. The van der Waals surface area contributed by atoms with Gasteiger partial charge >= 0.3 is 0 Å². The molecule has 504 valence electrons. The van der Waals surface area contributed by atoms with E-state index in [0.29, 0.717) is 0 Å². The van der Waals surface area contributed by atoms with Gasteiger partial charge in [-0.25, -0.2) is 19.9 Å². The highest BCUT2D eigenvalue weighted by Crippen LogP contribution is 2.45. The molecular weight excluding hydrogens is 1320 g/mol.